The average Bonchev–Trinajstić information content (AvgIpc) is 3.17. The highest BCUT2D eigenvalue weighted by atomic mass is 32.2. The van der Waals surface area contributed by atoms with E-state index in [2.05, 4.69) is 5.32 Å². The lowest BCUT2D eigenvalue weighted by Crippen LogP contribution is -2.45. The van der Waals surface area contributed by atoms with Crippen molar-refractivity contribution < 1.29 is 40.7 Å². The zero-order chi connectivity index (χ0) is 22.4. The van der Waals surface area contributed by atoms with Gasteiger partial charge < -0.3 is 10.1 Å². The highest BCUT2D eigenvalue weighted by Crippen LogP contribution is 2.18. The van der Waals surface area contributed by atoms with Crippen LogP contribution in [-0.2, 0) is 19.6 Å². The van der Waals surface area contributed by atoms with Crippen molar-refractivity contribution in [3.05, 3.63) is 29.8 Å². The summed E-state index contributed by atoms with van der Waals surface area (Å²) >= 11 is 0. The van der Waals surface area contributed by atoms with Crippen molar-refractivity contribution in [2.45, 2.75) is 42.8 Å². The molecule has 13 heteroatoms. The zero-order valence-electron chi connectivity index (χ0n) is 15.6. The number of sulfonamides is 1. The van der Waals surface area contributed by atoms with Crippen molar-refractivity contribution in [3.63, 3.8) is 0 Å². The van der Waals surface area contributed by atoms with Crippen molar-refractivity contribution >= 4 is 27.9 Å². The molecule has 1 aliphatic rings. The molecule has 0 atom stereocenters. The lowest BCUT2D eigenvalue weighted by atomic mass is 10.2. The average molecular weight is 451 g/mol. The molecule has 3 N–H and O–H groups in total. The largest absolute Gasteiger partial charge is 0.452 e. The van der Waals surface area contributed by atoms with E-state index in [1.165, 1.54) is 4.72 Å². The molecule has 30 heavy (non-hydrogen) atoms. The van der Waals surface area contributed by atoms with Crippen LogP contribution in [0.15, 0.2) is 29.2 Å². The van der Waals surface area contributed by atoms with Crippen LogP contribution in [0.5, 0.6) is 0 Å². The van der Waals surface area contributed by atoms with Gasteiger partial charge in [0.25, 0.3) is 5.91 Å². The Morgan fingerprint density at radius 1 is 1.13 bits per heavy atom. The van der Waals surface area contributed by atoms with Gasteiger partial charge in [-0.25, -0.2) is 22.7 Å². The van der Waals surface area contributed by atoms with E-state index in [-0.39, 0.29) is 11.6 Å². The summed E-state index contributed by atoms with van der Waals surface area (Å²) in [4.78, 5) is 34.8. The normalized spacial score (nSPS) is 14.9. The van der Waals surface area contributed by atoms with Gasteiger partial charge in [-0.3, -0.25) is 10.1 Å². The number of benzene rings is 1. The second kappa shape index (κ2) is 9.89. The standard InChI is InChI=1S/C17H20F3N3O6S/c18-17(19,20)10-21-30(27,28)13-7-3-4-11(8-13)15(25)29-9-14(24)23-16(26)22-12-5-1-2-6-12/h3-4,7-8,12,21H,1-2,5-6,9-10H2,(H2,22,23,24,26). The van der Waals surface area contributed by atoms with E-state index < -0.39 is 52.2 Å². The minimum atomic E-state index is -4.75. The number of carbonyl (C=O) groups excluding carboxylic acids is 3. The molecule has 0 aliphatic heterocycles. The molecule has 0 spiro atoms. The van der Waals surface area contributed by atoms with Gasteiger partial charge >= 0.3 is 18.2 Å². The molecule has 1 fully saturated rings. The molecular formula is C17H20F3N3O6S. The smallest absolute Gasteiger partial charge is 0.402 e. The van der Waals surface area contributed by atoms with Crippen LogP contribution < -0.4 is 15.4 Å². The summed E-state index contributed by atoms with van der Waals surface area (Å²) in [6.07, 6.45) is -1.16. The number of halogens is 3. The summed E-state index contributed by atoms with van der Waals surface area (Å²) in [5.74, 6) is -1.98. The van der Waals surface area contributed by atoms with Crippen LogP contribution in [0.1, 0.15) is 36.0 Å². The predicted molar refractivity (Wildman–Crippen MR) is 96.9 cm³/mol. The lowest BCUT2D eigenvalue weighted by molar-refractivity contribution is -0.123. The Labute approximate surface area is 170 Å². The lowest BCUT2D eigenvalue weighted by Gasteiger charge is -2.12. The summed E-state index contributed by atoms with van der Waals surface area (Å²) < 4.78 is 66.6. The Balaban J connectivity index is 1.88. The van der Waals surface area contributed by atoms with Gasteiger partial charge in [-0.15, -0.1) is 0 Å². The molecule has 9 nitrogen and oxygen atoms in total. The Kier molecular flexibility index (Phi) is 7.78. The number of alkyl halides is 3. The maximum absolute atomic E-state index is 12.2. The molecule has 2 rings (SSSR count). The van der Waals surface area contributed by atoms with E-state index in [1.807, 2.05) is 5.32 Å². The monoisotopic (exact) mass is 451 g/mol. The van der Waals surface area contributed by atoms with E-state index in [1.54, 1.807) is 0 Å². The number of imide groups is 1. The number of esters is 1. The van der Waals surface area contributed by atoms with Crippen molar-refractivity contribution in [2.24, 2.45) is 0 Å². The van der Waals surface area contributed by atoms with Crippen LogP contribution in [0.3, 0.4) is 0 Å². The summed E-state index contributed by atoms with van der Waals surface area (Å²) in [5, 5.41) is 4.61. The molecule has 1 aliphatic carbocycles. The number of rotatable bonds is 7. The van der Waals surface area contributed by atoms with Gasteiger partial charge in [0, 0.05) is 6.04 Å². The Bertz CT molecular complexity index is 898. The van der Waals surface area contributed by atoms with E-state index in [9.17, 15) is 36.0 Å². The summed E-state index contributed by atoms with van der Waals surface area (Å²) in [7, 11) is -4.52. The van der Waals surface area contributed by atoms with Gasteiger partial charge in [-0.05, 0) is 31.0 Å². The Morgan fingerprint density at radius 3 is 2.43 bits per heavy atom. The molecular weight excluding hydrogens is 431 g/mol. The van der Waals surface area contributed by atoms with Crippen molar-refractivity contribution in [2.75, 3.05) is 13.2 Å². The molecule has 1 aromatic rings. The minimum Gasteiger partial charge on any atom is -0.452 e. The highest BCUT2D eigenvalue weighted by molar-refractivity contribution is 7.89. The first-order chi connectivity index (χ1) is 14.0. The second-order valence-electron chi connectivity index (χ2n) is 6.55. The molecule has 1 aromatic carbocycles. The second-order valence-corrected chi connectivity index (χ2v) is 8.31. The Hall–Kier alpha value is -2.67. The summed E-state index contributed by atoms with van der Waals surface area (Å²) in [6, 6.07) is 3.37. The molecule has 3 amide bonds. The van der Waals surface area contributed by atoms with Crippen LogP contribution in [0, 0.1) is 0 Å². The topological polar surface area (TPSA) is 131 Å². The number of hydrogen-bond acceptors (Lipinski definition) is 6. The van der Waals surface area contributed by atoms with Gasteiger partial charge in [-0.2, -0.15) is 13.2 Å². The fourth-order valence-corrected chi connectivity index (χ4v) is 3.78. The van der Waals surface area contributed by atoms with Gasteiger partial charge in [0.1, 0.15) is 6.54 Å². The molecule has 0 saturated heterocycles. The zero-order valence-corrected chi connectivity index (χ0v) is 16.4. The van der Waals surface area contributed by atoms with E-state index in [4.69, 9.17) is 4.74 Å². The van der Waals surface area contributed by atoms with Gasteiger partial charge in [0.15, 0.2) is 6.61 Å². The van der Waals surface area contributed by atoms with Gasteiger partial charge in [0.2, 0.25) is 10.0 Å². The van der Waals surface area contributed by atoms with Crippen LogP contribution in [0.4, 0.5) is 18.0 Å². The van der Waals surface area contributed by atoms with Crippen LogP contribution in [0.25, 0.3) is 0 Å². The van der Waals surface area contributed by atoms with E-state index in [0.717, 1.165) is 49.9 Å². The number of urea groups is 1. The third-order valence-corrected chi connectivity index (χ3v) is 5.52. The molecule has 0 aromatic heterocycles. The first kappa shape index (κ1) is 23.6. The molecule has 0 bridgehead atoms. The number of carbonyl (C=O) groups is 3. The van der Waals surface area contributed by atoms with Crippen molar-refractivity contribution in [1.29, 1.82) is 0 Å². The molecule has 1 saturated carbocycles. The minimum absolute atomic E-state index is 0.0176. The number of ether oxygens (including phenoxy) is 1. The van der Waals surface area contributed by atoms with Gasteiger partial charge in [0.05, 0.1) is 10.5 Å². The molecule has 0 heterocycles. The fourth-order valence-electron chi connectivity index (χ4n) is 2.72. The van der Waals surface area contributed by atoms with Crippen molar-refractivity contribution in [1.82, 2.24) is 15.4 Å². The van der Waals surface area contributed by atoms with Crippen molar-refractivity contribution in [3.8, 4) is 0 Å². The van der Waals surface area contributed by atoms with Gasteiger partial charge in [-0.1, -0.05) is 18.9 Å². The summed E-state index contributed by atoms with van der Waals surface area (Å²) in [5.41, 5.74) is -0.298. The fraction of sp³-hybridized carbons (Fsp3) is 0.471. The Morgan fingerprint density at radius 2 is 1.80 bits per heavy atom. The number of hydrogen-bond donors (Lipinski definition) is 3. The molecule has 166 valence electrons. The van der Waals surface area contributed by atoms with Crippen LogP contribution in [-0.4, -0.2) is 51.7 Å². The van der Waals surface area contributed by atoms with Crippen LogP contribution >= 0.6 is 0 Å². The maximum atomic E-state index is 12.2. The molecule has 0 unspecified atom stereocenters. The quantitative estimate of drug-likeness (QED) is 0.538. The molecule has 0 radical (unpaired) electrons. The summed E-state index contributed by atoms with van der Waals surface area (Å²) in [6.45, 7) is -2.58. The third kappa shape index (κ3) is 7.63. The predicted octanol–water partition coefficient (Wildman–Crippen LogP) is 1.45. The first-order valence-electron chi connectivity index (χ1n) is 8.90. The van der Waals surface area contributed by atoms with E-state index in [0.29, 0.717) is 0 Å². The number of amides is 3. The highest BCUT2D eigenvalue weighted by Gasteiger charge is 2.30. The SMILES string of the molecule is O=C(COC(=O)c1cccc(S(=O)(=O)NCC(F)(F)F)c1)NC(=O)NC1CCCC1. The number of nitrogens with one attached hydrogen (secondary N) is 3. The van der Waals surface area contributed by atoms with E-state index >= 15 is 0 Å². The maximum Gasteiger partial charge on any atom is 0.402 e. The first-order valence-corrected chi connectivity index (χ1v) is 10.4. The van der Waals surface area contributed by atoms with Crippen LogP contribution in [0.2, 0.25) is 0 Å². The third-order valence-electron chi connectivity index (χ3n) is 4.12.